The normalized spacial score (nSPS) is 19.6. The molecule has 0 aromatic heterocycles. The minimum absolute atomic E-state index is 0.250. The van der Waals surface area contributed by atoms with Gasteiger partial charge in [-0.15, -0.1) is 0 Å². The molecular weight excluding hydrogens is 258 g/mol. The number of rotatable bonds is 5. The molecule has 0 atom stereocenters. The third-order valence-corrected chi connectivity index (χ3v) is 4.52. The molecule has 20 heavy (non-hydrogen) atoms. The molecule has 1 aliphatic rings. The number of nitrogens with zero attached hydrogens (tertiary/aromatic N) is 2. The summed E-state index contributed by atoms with van der Waals surface area (Å²) in [6, 6.07) is -0.618. The van der Waals surface area contributed by atoms with E-state index in [9.17, 15) is 14.4 Å². The number of urea groups is 1. The van der Waals surface area contributed by atoms with E-state index in [-0.39, 0.29) is 18.0 Å². The zero-order chi connectivity index (χ0) is 15.7. The van der Waals surface area contributed by atoms with Crippen molar-refractivity contribution in [2.75, 3.05) is 20.6 Å². The predicted molar refractivity (Wildman–Crippen MR) is 76.0 cm³/mol. The summed E-state index contributed by atoms with van der Waals surface area (Å²) in [5.74, 6) is -0.859. The molecule has 114 valence electrons. The molecule has 1 aliphatic heterocycles. The van der Waals surface area contributed by atoms with Crippen LogP contribution < -0.4 is 5.32 Å². The highest BCUT2D eigenvalue weighted by Crippen LogP contribution is 2.33. The van der Waals surface area contributed by atoms with Crippen LogP contribution in [0.2, 0.25) is 0 Å². The summed E-state index contributed by atoms with van der Waals surface area (Å²) in [7, 11) is 3.79. The van der Waals surface area contributed by atoms with Crippen LogP contribution in [0.15, 0.2) is 0 Å². The second kappa shape index (κ2) is 5.52. The fourth-order valence-corrected chi connectivity index (χ4v) is 2.28. The van der Waals surface area contributed by atoms with Gasteiger partial charge in [-0.1, -0.05) is 13.8 Å². The van der Waals surface area contributed by atoms with Gasteiger partial charge in [0.2, 0.25) is 11.8 Å². The third-order valence-electron chi connectivity index (χ3n) is 4.52. The third kappa shape index (κ3) is 2.57. The van der Waals surface area contributed by atoms with E-state index < -0.39 is 17.4 Å². The maximum absolute atomic E-state index is 12.7. The number of imide groups is 2. The van der Waals surface area contributed by atoms with E-state index in [1.54, 1.807) is 13.8 Å². The fraction of sp³-hybridized carbons (Fsp3) is 0.786. The van der Waals surface area contributed by atoms with Crippen LogP contribution in [0.25, 0.3) is 0 Å². The van der Waals surface area contributed by atoms with Crippen molar-refractivity contribution in [2.24, 2.45) is 5.41 Å². The Balaban J connectivity index is 3.11. The smallest absolute Gasteiger partial charge is 0.302 e. The number of carbonyl (C=O) groups is 3. The van der Waals surface area contributed by atoms with Crippen molar-refractivity contribution in [2.45, 2.75) is 46.1 Å². The van der Waals surface area contributed by atoms with Gasteiger partial charge in [0, 0.05) is 12.1 Å². The molecule has 6 nitrogen and oxygen atoms in total. The quantitative estimate of drug-likeness (QED) is 0.770. The highest BCUT2D eigenvalue weighted by Gasteiger charge is 2.52. The van der Waals surface area contributed by atoms with Gasteiger partial charge in [0.1, 0.15) is 5.41 Å². The molecule has 1 saturated heterocycles. The Kier molecular flexibility index (Phi) is 4.59. The van der Waals surface area contributed by atoms with E-state index >= 15 is 0 Å². The standard InChI is InChI=1S/C14H25N3O3/c1-7-14(8-2)10(18)15-12(20)17(11(14)19)9-13(3,4)16(5)6/h7-9H2,1-6H3,(H,15,18,20). The number of hydrogen-bond donors (Lipinski definition) is 1. The van der Waals surface area contributed by atoms with Gasteiger partial charge in [0.05, 0.1) is 0 Å². The number of amides is 4. The number of nitrogens with one attached hydrogen (secondary N) is 1. The second-order valence-corrected chi connectivity index (χ2v) is 6.15. The van der Waals surface area contributed by atoms with E-state index in [4.69, 9.17) is 0 Å². The molecule has 0 aromatic carbocycles. The summed E-state index contributed by atoms with van der Waals surface area (Å²) in [4.78, 5) is 39.8. The van der Waals surface area contributed by atoms with Crippen molar-refractivity contribution < 1.29 is 14.4 Å². The second-order valence-electron chi connectivity index (χ2n) is 6.15. The average molecular weight is 283 g/mol. The Hall–Kier alpha value is -1.43. The lowest BCUT2D eigenvalue weighted by Gasteiger charge is -2.43. The molecule has 6 heteroatoms. The van der Waals surface area contributed by atoms with Gasteiger partial charge in [-0.25, -0.2) is 4.79 Å². The van der Waals surface area contributed by atoms with Crippen LogP contribution in [0.3, 0.4) is 0 Å². The maximum atomic E-state index is 12.7. The first-order chi connectivity index (χ1) is 9.12. The van der Waals surface area contributed by atoms with Crippen molar-refractivity contribution in [1.82, 2.24) is 15.1 Å². The van der Waals surface area contributed by atoms with Crippen molar-refractivity contribution in [3.8, 4) is 0 Å². The van der Waals surface area contributed by atoms with Gasteiger partial charge >= 0.3 is 6.03 Å². The van der Waals surface area contributed by atoms with Crippen LogP contribution in [-0.2, 0) is 9.59 Å². The Morgan fingerprint density at radius 2 is 1.65 bits per heavy atom. The first-order valence-electron chi connectivity index (χ1n) is 6.97. The summed E-state index contributed by atoms with van der Waals surface area (Å²) >= 11 is 0. The number of hydrogen-bond acceptors (Lipinski definition) is 4. The lowest BCUT2D eigenvalue weighted by molar-refractivity contribution is -0.153. The molecule has 0 radical (unpaired) electrons. The maximum Gasteiger partial charge on any atom is 0.330 e. The van der Waals surface area contributed by atoms with Crippen molar-refractivity contribution in [3.63, 3.8) is 0 Å². The zero-order valence-electron chi connectivity index (χ0n) is 13.2. The molecule has 0 bridgehead atoms. The average Bonchev–Trinajstić information content (AvgIpc) is 2.36. The summed E-state index contributed by atoms with van der Waals surface area (Å²) in [5, 5.41) is 2.32. The summed E-state index contributed by atoms with van der Waals surface area (Å²) in [5.41, 5.74) is -1.48. The van der Waals surface area contributed by atoms with Crippen molar-refractivity contribution in [3.05, 3.63) is 0 Å². The molecule has 0 spiro atoms. The summed E-state index contributed by atoms with van der Waals surface area (Å²) in [6.45, 7) is 7.74. The first kappa shape index (κ1) is 16.6. The van der Waals surface area contributed by atoms with Crippen molar-refractivity contribution >= 4 is 17.8 Å². The molecule has 0 aliphatic carbocycles. The van der Waals surface area contributed by atoms with Gasteiger partial charge in [-0.2, -0.15) is 0 Å². The predicted octanol–water partition coefficient (Wildman–Crippen LogP) is 1.21. The van der Waals surface area contributed by atoms with Gasteiger partial charge in [-0.05, 0) is 40.8 Å². The van der Waals surface area contributed by atoms with Gasteiger partial charge in [0.15, 0.2) is 0 Å². The van der Waals surface area contributed by atoms with Crippen LogP contribution in [0.5, 0.6) is 0 Å². The van der Waals surface area contributed by atoms with Crippen LogP contribution in [0, 0.1) is 5.41 Å². The van der Waals surface area contributed by atoms with E-state index in [2.05, 4.69) is 5.32 Å². The van der Waals surface area contributed by atoms with Crippen LogP contribution in [0.4, 0.5) is 4.79 Å². The Labute approximate surface area is 120 Å². The number of carbonyl (C=O) groups excluding carboxylic acids is 3. The van der Waals surface area contributed by atoms with E-state index in [0.29, 0.717) is 12.8 Å². The van der Waals surface area contributed by atoms with E-state index in [0.717, 1.165) is 0 Å². The summed E-state index contributed by atoms with van der Waals surface area (Å²) in [6.07, 6.45) is 0.778. The topological polar surface area (TPSA) is 69.7 Å². The molecule has 1 N–H and O–H groups in total. The Morgan fingerprint density at radius 3 is 2.05 bits per heavy atom. The summed E-state index contributed by atoms with van der Waals surface area (Å²) < 4.78 is 0. The molecular formula is C14H25N3O3. The Bertz CT molecular complexity index is 425. The lowest BCUT2D eigenvalue weighted by atomic mass is 9.78. The molecule has 0 aromatic rings. The van der Waals surface area contributed by atoms with E-state index in [1.807, 2.05) is 32.8 Å². The number of barbiturate groups is 1. The molecule has 1 rings (SSSR count). The fourth-order valence-electron chi connectivity index (χ4n) is 2.28. The monoisotopic (exact) mass is 283 g/mol. The largest absolute Gasteiger partial charge is 0.330 e. The lowest BCUT2D eigenvalue weighted by Crippen LogP contribution is -2.66. The molecule has 1 fully saturated rings. The molecule has 0 unspecified atom stereocenters. The highest BCUT2D eigenvalue weighted by atomic mass is 16.2. The van der Waals surface area contributed by atoms with E-state index in [1.165, 1.54) is 4.90 Å². The minimum Gasteiger partial charge on any atom is -0.302 e. The van der Waals surface area contributed by atoms with Gasteiger partial charge < -0.3 is 4.90 Å². The van der Waals surface area contributed by atoms with Gasteiger partial charge in [0.25, 0.3) is 0 Å². The van der Waals surface area contributed by atoms with Gasteiger partial charge in [-0.3, -0.25) is 19.8 Å². The van der Waals surface area contributed by atoms with Crippen LogP contribution in [0.1, 0.15) is 40.5 Å². The van der Waals surface area contributed by atoms with Crippen molar-refractivity contribution in [1.29, 1.82) is 0 Å². The minimum atomic E-state index is -1.11. The highest BCUT2D eigenvalue weighted by molar-refractivity contribution is 6.19. The SMILES string of the molecule is CCC1(CC)C(=O)NC(=O)N(CC(C)(C)N(C)C)C1=O. The first-order valence-corrected chi connectivity index (χ1v) is 6.97. The molecule has 0 saturated carbocycles. The molecule has 4 amide bonds. The van der Waals surface area contributed by atoms with Crippen LogP contribution >= 0.6 is 0 Å². The Morgan fingerprint density at radius 1 is 1.15 bits per heavy atom. The zero-order valence-corrected chi connectivity index (χ0v) is 13.2. The number of likely N-dealkylation sites (N-methyl/N-ethyl adjacent to an activating group) is 1. The molecule has 1 heterocycles. The van der Waals surface area contributed by atoms with Crippen LogP contribution in [-0.4, -0.2) is 53.8 Å².